The fraction of sp³-hybridized carbons (Fsp3) is 0.450. The van der Waals surface area contributed by atoms with Gasteiger partial charge in [-0.1, -0.05) is 6.07 Å². The molecule has 0 unspecified atom stereocenters. The Morgan fingerprint density at radius 1 is 1.21 bits per heavy atom. The summed E-state index contributed by atoms with van der Waals surface area (Å²) >= 11 is 0. The molecule has 1 fully saturated rings. The van der Waals surface area contributed by atoms with Crippen molar-refractivity contribution in [1.82, 2.24) is 26.0 Å². The third-order valence-electron chi connectivity index (χ3n) is 5.15. The number of nitrogens with zero attached hydrogens (tertiary/aromatic N) is 2. The van der Waals surface area contributed by atoms with Crippen molar-refractivity contribution < 1.29 is 13.6 Å². The molecule has 1 aliphatic carbocycles. The molecule has 152 valence electrons. The normalized spacial score (nSPS) is 21.9. The molecule has 0 spiro atoms. The number of amides is 1. The third kappa shape index (κ3) is 5.01. The summed E-state index contributed by atoms with van der Waals surface area (Å²) in [6, 6.07) is 3.99. The number of carbonyl (C=O) groups excluding carboxylic acids is 1. The van der Waals surface area contributed by atoms with E-state index >= 15 is 0 Å². The van der Waals surface area contributed by atoms with Crippen molar-refractivity contribution in [3.05, 3.63) is 59.8 Å². The van der Waals surface area contributed by atoms with Gasteiger partial charge in [0.2, 0.25) is 5.91 Å². The molecule has 8 heteroatoms. The minimum atomic E-state index is -0.637. The van der Waals surface area contributed by atoms with Gasteiger partial charge in [-0.25, -0.2) is 13.8 Å². The van der Waals surface area contributed by atoms with E-state index in [0.29, 0.717) is 0 Å². The van der Waals surface area contributed by atoms with Gasteiger partial charge < -0.3 is 16.0 Å². The van der Waals surface area contributed by atoms with Crippen LogP contribution < -0.4 is 16.0 Å². The van der Waals surface area contributed by atoms with Crippen LogP contribution in [0.2, 0.25) is 0 Å². The number of nitrogens with one attached hydrogen (secondary N) is 3. The summed E-state index contributed by atoms with van der Waals surface area (Å²) in [5.74, 6) is -0.624. The van der Waals surface area contributed by atoms with Gasteiger partial charge in [0.15, 0.2) is 0 Å². The van der Waals surface area contributed by atoms with E-state index in [1.165, 1.54) is 18.2 Å². The first-order chi connectivity index (χ1) is 13.4. The number of rotatable bonds is 6. The largest absolute Gasteiger partial charge is 0.368 e. The van der Waals surface area contributed by atoms with Crippen molar-refractivity contribution in [2.75, 3.05) is 14.1 Å². The highest BCUT2D eigenvalue weighted by molar-refractivity contribution is 5.78. The molecular weight excluding hydrogens is 364 g/mol. The Labute approximate surface area is 164 Å². The van der Waals surface area contributed by atoms with Crippen molar-refractivity contribution in [3.63, 3.8) is 0 Å². The van der Waals surface area contributed by atoms with Crippen LogP contribution >= 0.6 is 0 Å². The maximum absolute atomic E-state index is 13.7. The predicted octanol–water partition coefficient (Wildman–Crippen LogP) is 2.38. The molecule has 1 aliphatic heterocycles. The summed E-state index contributed by atoms with van der Waals surface area (Å²) in [5, 5.41) is 13.3. The highest BCUT2D eigenvalue weighted by atomic mass is 19.1. The summed E-state index contributed by atoms with van der Waals surface area (Å²) in [7, 11) is 3.92. The molecule has 0 saturated heterocycles. The van der Waals surface area contributed by atoms with E-state index in [4.69, 9.17) is 0 Å². The first-order valence-corrected chi connectivity index (χ1v) is 9.52. The Morgan fingerprint density at radius 3 is 2.54 bits per heavy atom. The van der Waals surface area contributed by atoms with Gasteiger partial charge >= 0.3 is 0 Å². The molecule has 1 amide bonds. The highest BCUT2D eigenvalue weighted by Gasteiger charge is 2.27. The van der Waals surface area contributed by atoms with E-state index in [9.17, 15) is 13.6 Å². The van der Waals surface area contributed by atoms with E-state index in [-0.39, 0.29) is 30.0 Å². The fourth-order valence-electron chi connectivity index (χ4n) is 3.48. The van der Waals surface area contributed by atoms with Crippen LogP contribution in [0.3, 0.4) is 0 Å². The smallest absolute Gasteiger partial charge is 0.223 e. The van der Waals surface area contributed by atoms with Gasteiger partial charge in [0.1, 0.15) is 17.5 Å². The van der Waals surface area contributed by atoms with E-state index < -0.39 is 11.6 Å². The van der Waals surface area contributed by atoms with Gasteiger partial charge in [-0.05, 0) is 37.8 Å². The summed E-state index contributed by atoms with van der Waals surface area (Å²) < 4.78 is 27.3. The molecule has 0 radical (unpaired) electrons. The summed E-state index contributed by atoms with van der Waals surface area (Å²) in [4.78, 5) is 12.4. The van der Waals surface area contributed by atoms with Gasteiger partial charge in [-0.15, -0.1) is 0 Å². The molecule has 1 aromatic rings. The van der Waals surface area contributed by atoms with E-state index in [2.05, 4.69) is 16.0 Å². The maximum atomic E-state index is 13.7. The van der Waals surface area contributed by atoms with Crippen LogP contribution in [-0.4, -0.2) is 36.1 Å². The molecule has 28 heavy (non-hydrogen) atoms. The summed E-state index contributed by atoms with van der Waals surface area (Å²) in [6.45, 7) is -0.126. The second-order valence-electron chi connectivity index (χ2n) is 7.34. The minimum Gasteiger partial charge on any atom is -0.368 e. The molecule has 0 aromatic heterocycles. The molecule has 6 nitrogen and oxygen atoms in total. The average Bonchev–Trinajstić information content (AvgIpc) is 2.68. The lowest BCUT2D eigenvalue weighted by Gasteiger charge is -2.32. The lowest BCUT2D eigenvalue weighted by atomic mass is 9.85. The minimum absolute atomic E-state index is 0.0972. The first kappa shape index (κ1) is 20.1. The Morgan fingerprint density at radius 2 is 1.89 bits per heavy atom. The van der Waals surface area contributed by atoms with Crippen LogP contribution in [0.5, 0.6) is 0 Å². The van der Waals surface area contributed by atoms with E-state index in [1.54, 1.807) is 0 Å². The van der Waals surface area contributed by atoms with Crippen molar-refractivity contribution in [3.8, 4) is 0 Å². The van der Waals surface area contributed by atoms with Crippen LogP contribution in [0.15, 0.2) is 42.6 Å². The van der Waals surface area contributed by atoms with Crippen molar-refractivity contribution in [1.29, 1.82) is 0 Å². The van der Waals surface area contributed by atoms with Crippen LogP contribution in [-0.2, 0) is 11.3 Å². The fourth-order valence-corrected chi connectivity index (χ4v) is 3.48. The molecular formula is C20H27F2N5O. The quantitative estimate of drug-likeness (QED) is 0.695. The van der Waals surface area contributed by atoms with Crippen molar-refractivity contribution in [2.45, 2.75) is 38.3 Å². The number of benzene rings is 1. The Balaban J connectivity index is 1.45. The zero-order chi connectivity index (χ0) is 20.1. The number of hydrogen-bond donors (Lipinski definition) is 3. The number of halogens is 2. The Kier molecular flexibility index (Phi) is 6.51. The van der Waals surface area contributed by atoms with Gasteiger partial charge in [0.25, 0.3) is 0 Å². The summed E-state index contributed by atoms with van der Waals surface area (Å²) in [5.41, 5.74) is -0.0972. The first-order valence-electron chi connectivity index (χ1n) is 9.52. The van der Waals surface area contributed by atoms with Crippen LogP contribution in [0.4, 0.5) is 8.78 Å². The predicted molar refractivity (Wildman–Crippen MR) is 103 cm³/mol. The molecule has 1 heterocycles. The van der Waals surface area contributed by atoms with Crippen molar-refractivity contribution >= 4 is 5.91 Å². The number of hydrogen-bond acceptors (Lipinski definition) is 5. The molecule has 1 saturated carbocycles. The highest BCUT2D eigenvalue weighted by Crippen LogP contribution is 2.25. The molecule has 2 aliphatic rings. The van der Waals surface area contributed by atoms with Crippen molar-refractivity contribution in [2.24, 2.45) is 5.92 Å². The monoisotopic (exact) mass is 391 g/mol. The lowest BCUT2D eigenvalue weighted by molar-refractivity contribution is -0.126. The average molecular weight is 391 g/mol. The second-order valence-corrected chi connectivity index (χ2v) is 7.34. The molecule has 0 atom stereocenters. The maximum Gasteiger partial charge on any atom is 0.223 e. The van der Waals surface area contributed by atoms with E-state index in [1.807, 2.05) is 42.7 Å². The van der Waals surface area contributed by atoms with Gasteiger partial charge in [0.05, 0.1) is 6.20 Å². The molecule has 1 aromatic carbocycles. The SMILES string of the molecule is CN(C)N1C=CNC(NC2CCC(C(=O)NCc3c(F)cccc3F)CC2)=C1. The second kappa shape index (κ2) is 9.05. The summed E-state index contributed by atoms with van der Waals surface area (Å²) in [6.07, 6.45) is 8.96. The zero-order valence-corrected chi connectivity index (χ0v) is 16.2. The Hall–Kier alpha value is -2.61. The molecule has 0 bridgehead atoms. The van der Waals surface area contributed by atoms with E-state index in [0.717, 1.165) is 31.5 Å². The zero-order valence-electron chi connectivity index (χ0n) is 16.2. The van der Waals surface area contributed by atoms with Crippen LogP contribution in [0.1, 0.15) is 31.2 Å². The Bertz CT molecular complexity index is 737. The van der Waals surface area contributed by atoms with Crippen LogP contribution in [0.25, 0.3) is 0 Å². The standard InChI is InChI=1S/C20H27F2N5O/c1-26(2)27-11-10-23-19(13-27)25-15-8-6-14(7-9-15)20(28)24-12-16-17(21)4-3-5-18(16)22/h3-5,10-11,13-15,23,25H,6-9,12H2,1-2H3,(H,24,28). The molecule has 3 rings (SSSR count). The molecule has 3 N–H and O–H groups in total. The lowest BCUT2D eigenvalue weighted by Crippen LogP contribution is -2.42. The van der Waals surface area contributed by atoms with Gasteiger partial charge in [-0.2, -0.15) is 0 Å². The van der Waals surface area contributed by atoms with Crippen LogP contribution in [0, 0.1) is 17.6 Å². The number of hydrazine groups is 1. The third-order valence-corrected chi connectivity index (χ3v) is 5.15. The topological polar surface area (TPSA) is 59.6 Å². The van der Waals surface area contributed by atoms with Gasteiger partial charge in [-0.3, -0.25) is 9.80 Å². The number of carbonyl (C=O) groups is 1. The van der Waals surface area contributed by atoms with Gasteiger partial charge in [0, 0.05) is 50.6 Å².